The molecule has 4 nitrogen and oxygen atoms in total. The van der Waals surface area contributed by atoms with Gasteiger partial charge >= 0.3 is 0 Å². The maximum atomic E-state index is 12.1. The van der Waals surface area contributed by atoms with E-state index >= 15 is 0 Å². The van der Waals surface area contributed by atoms with Crippen LogP contribution in [0.25, 0.3) is 10.9 Å². The molecule has 0 atom stereocenters. The first-order valence-corrected chi connectivity index (χ1v) is 6.49. The molecule has 1 aliphatic carbocycles. The highest BCUT2D eigenvalue weighted by Crippen LogP contribution is 2.26. The maximum absolute atomic E-state index is 12.1. The molecule has 0 saturated heterocycles. The van der Waals surface area contributed by atoms with Crippen LogP contribution >= 0.6 is 0 Å². The molecule has 4 heteroatoms. The van der Waals surface area contributed by atoms with Gasteiger partial charge in [-0.1, -0.05) is 12.1 Å². The molecule has 1 aliphatic rings. The highest BCUT2D eigenvalue weighted by molar-refractivity contribution is 5.88. The minimum atomic E-state index is 0.122. The smallest absolute Gasteiger partial charge is 0.242 e. The lowest BCUT2D eigenvalue weighted by atomic mass is 10.2. The molecule has 0 spiro atoms. The van der Waals surface area contributed by atoms with Crippen LogP contribution in [0.4, 0.5) is 0 Å². The van der Waals surface area contributed by atoms with Crippen LogP contribution in [0.15, 0.2) is 30.5 Å². The van der Waals surface area contributed by atoms with E-state index in [1.54, 1.807) is 6.07 Å². The standard InChI is InChI=1S/C15H16N2O2/c1-16(13-4-5-13)15(19)9-17-7-6-12-3-2-11(10-18)8-14(12)17/h2-3,6-8,10,13H,4-5,9H2,1H3. The summed E-state index contributed by atoms with van der Waals surface area (Å²) in [4.78, 5) is 24.8. The maximum Gasteiger partial charge on any atom is 0.242 e. The Labute approximate surface area is 111 Å². The molecule has 2 aromatic rings. The SMILES string of the molecule is CN(C(=O)Cn1ccc2ccc(C=O)cc21)C1CC1. The van der Waals surface area contributed by atoms with Crippen molar-refractivity contribution in [1.29, 1.82) is 0 Å². The molecule has 1 aromatic carbocycles. The summed E-state index contributed by atoms with van der Waals surface area (Å²) in [7, 11) is 1.86. The average Bonchev–Trinajstić information content (AvgIpc) is 3.21. The number of nitrogens with zero attached hydrogens (tertiary/aromatic N) is 2. The average molecular weight is 256 g/mol. The molecular formula is C15H16N2O2. The fourth-order valence-electron chi connectivity index (χ4n) is 2.33. The first-order chi connectivity index (χ1) is 9.19. The van der Waals surface area contributed by atoms with E-state index in [2.05, 4.69) is 0 Å². The van der Waals surface area contributed by atoms with Gasteiger partial charge in [0.15, 0.2) is 0 Å². The minimum absolute atomic E-state index is 0.122. The number of hydrogen-bond donors (Lipinski definition) is 0. The van der Waals surface area contributed by atoms with Gasteiger partial charge in [0.1, 0.15) is 12.8 Å². The van der Waals surface area contributed by atoms with E-state index < -0.39 is 0 Å². The molecule has 1 fully saturated rings. The quantitative estimate of drug-likeness (QED) is 0.786. The van der Waals surface area contributed by atoms with Crippen molar-refractivity contribution in [3.05, 3.63) is 36.0 Å². The molecule has 0 radical (unpaired) electrons. The lowest BCUT2D eigenvalue weighted by Crippen LogP contribution is -2.31. The Balaban J connectivity index is 1.87. The third-order valence-electron chi connectivity index (χ3n) is 3.73. The van der Waals surface area contributed by atoms with E-state index in [-0.39, 0.29) is 5.91 Å². The molecule has 1 aromatic heterocycles. The normalized spacial score (nSPS) is 14.6. The lowest BCUT2D eigenvalue weighted by Gasteiger charge is -2.17. The number of carbonyl (C=O) groups excluding carboxylic acids is 2. The second kappa shape index (κ2) is 4.53. The summed E-state index contributed by atoms with van der Waals surface area (Å²) in [5.41, 5.74) is 1.57. The number of likely N-dealkylation sites (N-methyl/N-ethyl adjacent to an activating group) is 1. The molecular weight excluding hydrogens is 240 g/mol. The second-order valence-corrected chi connectivity index (χ2v) is 5.12. The van der Waals surface area contributed by atoms with Crippen LogP contribution in [0.3, 0.4) is 0 Å². The van der Waals surface area contributed by atoms with Crippen LogP contribution < -0.4 is 0 Å². The summed E-state index contributed by atoms with van der Waals surface area (Å²) in [6.07, 6.45) is 4.96. The Morgan fingerprint density at radius 3 is 2.89 bits per heavy atom. The molecule has 1 amide bonds. The van der Waals surface area contributed by atoms with Gasteiger partial charge in [0.05, 0.1) is 0 Å². The highest BCUT2D eigenvalue weighted by Gasteiger charge is 2.29. The van der Waals surface area contributed by atoms with Crippen molar-refractivity contribution in [3.8, 4) is 0 Å². The third kappa shape index (κ3) is 2.26. The number of fused-ring (bicyclic) bond motifs is 1. The molecule has 19 heavy (non-hydrogen) atoms. The Morgan fingerprint density at radius 2 is 2.21 bits per heavy atom. The molecule has 98 valence electrons. The Hall–Kier alpha value is -2.10. The third-order valence-corrected chi connectivity index (χ3v) is 3.73. The number of amides is 1. The summed E-state index contributed by atoms with van der Waals surface area (Å²) in [6, 6.07) is 7.92. The Kier molecular flexibility index (Phi) is 2.85. The molecule has 0 unspecified atom stereocenters. The summed E-state index contributed by atoms with van der Waals surface area (Å²) in [6.45, 7) is 0.332. The number of rotatable bonds is 4. The number of benzene rings is 1. The van der Waals surface area contributed by atoms with Crippen molar-refractivity contribution in [2.24, 2.45) is 0 Å². The van der Waals surface area contributed by atoms with Crippen molar-refractivity contribution in [1.82, 2.24) is 9.47 Å². The zero-order chi connectivity index (χ0) is 13.4. The van der Waals surface area contributed by atoms with E-state index in [0.717, 1.165) is 30.0 Å². The predicted molar refractivity (Wildman–Crippen MR) is 73.1 cm³/mol. The van der Waals surface area contributed by atoms with Gasteiger partial charge in [0, 0.05) is 30.4 Å². The summed E-state index contributed by atoms with van der Waals surface area (Å²) in [5.74, 6) is 0.122. The summed E-state index contributed by atoms with van der Waals surface area (Å²) < 4.78 is 1.91. The zero-order valence-corrected chi connectivity index (χ0v) is 10.9. The highest BCUT2D eigenvalue weighted by atomic mass is 16.2. The van der Waals surface area contributed by atoms with Crippen LogP contribution in [-0.4, -0.2) is 34.7 Å². The van der Waals surface area contributed by atoms with E-state index in [9.17, 15) is 9.59 Å². The Morgan fingerprint density at radius 1 is 1.42 bits per heavy atom. The van der Waals surface area contributed by atoms with Gasteiger partial charge in [0.25, 0.3) is 0 Å². The van der Waals surface area contributed by atoms with Crippen molar-refractivity contribution in [2.75, 3.05) is 7.05 Å². The van der Waals surface area contributed by atoms with Crippen LogP contribution in [0.5, 0.6) is 0 Å². The van der Waals surface area contributed by atoms with E-state index in [0.29, 0.717) is 18.2 Å². The van der Waals surface area contributed by atoms with Gasteiger partial charge < -0.3 is 9.47 Å². The van der Waals surface area contributed by atoms with E-state index in [1.807, 2.05) is 40.9 Å². The number of aromatic nitrogens is 1. The number of hydrogen-bond acceptors (Lipinski definition) is 2. The number of carbonyl (C=O) groups is 2. The van der Waals surface area contributed by atoms with Crippen LogP contribution in [0.1, 0.15) is 23.2 Å². The molecule has 0 bridgehead atoms. The molecule has 1 saturated carbocycles. The monoisotopic (exact) mass is 256 g/mol. The molecule has 0 aliphatic heterocycles. The molecule has 3 rings (SSSR count). The lowest BCUT2D eigenvalue weighted by molar-refractivity contribution is -0.130. The topological polar surface area (TPSA) is 42.3 Å². The van der Waals surface area contributed by atoms with Gasteiger partial charge in [-0.15, -0.1) is 0 Å². The van der Waals surface area contributed by atoms with Crippen molar-refractivity contribution in [3.63, 3.8) is 0 Å². The fraction of sp³-hybridized carbons (Fsp3) is 0.333. The first kappa shape index (κ1) is 12.0. The van der Waals surface area contributed by atoms with Gasteiger partial charge in [-0.25, -0.2) is 0 Å². The van der Waals surface area contributed by atoms with Crippen LogP contribution in [0, 0.1) is 0 Å². The molecule has 1 heterocycles. The Bertz CT molecular complexity index is 641. The second-order valence-electron chi connectivity index (χ2n) is 5.12. The van der Waals surface area contributed by atoms with Gasteiger partial charge in [-0.2, -0.15) is 0 Å². The summed E-state index contributed by atoms with van der Waals surface area (Å²) in [5, 5.41) is 1.05. The summed E-state index contributed by atoms with van der Waals surface area (Å²) >= 11 is 0. The largest absolute Gasteiger partial charge is 0.341 e. The van der Waals surface area contributed by atoms with Crippen LogP contribution in [0.2, 0.25) is 0 Å². The van der Waals surface area contributed by atoms with Gasteiger partial charge in [-0.05, 0) is 30.4 Å². The van der Waals surface area contributed by atoms with Crippen molar-refractivity contribution >= 4 is 23.1 Å². The fourth-order valence-corrected chi connectivity index (χ4v) is 2.33. The van der Waals surface area contributed by atoms with E-state index in [4.69, 9.17) is 0 Å². The number of aldehydes is 1. The minimum Gasteiger partial charge on any atom is -0.341 e. The van der Waals surface area contributed by atoms with E-state index in [1.165, 1.54) is 0 Å². The zero-order valence-electron chi connectivity index (χ0n) is 10.9. The molecule has 0 N–H and O–H groups in total. The van der Waals surface area contributed by atoms with Gasteiger partial charge in [0.2, 0.25) is 5.91 Å². The predicted octanol–water partition coefficient (Wildman–Crippen LogP) is 2.07. The van der Waals surface area contributed by atoms with Gasteiger partial charge in [-0.3, -0.25) is 9.59 Å². The van der Waals surface area contributed by atoms with Crippen LogP contribution in [-0.2, 0) is 11.3 Å². The first-order valence-electron chi connectivity index (χ1n) is 6.49. The van der Waals surface area contributed by atoms with Crippen molar-refractivity contribution < 1.29 is 9.59 Å². The van der Waals surface area contributed by atoms with Crippen molar-refractivity contribution in [2.45, 2.75) is 25.4 Å².